The number of aromatic nitrogens is 1. The van der Waals surface area contributed by atoms with Crippen LogP contribution in [0.3, 0.4) is 0 Å². The third kappa shape index (κ3) is 2.50. The van der Waals surface area contributed by atoms with Gasteiger partial charge in [-0.3, -0.25) is 4.79 Å². The van der Waals surface area contributed by atoms with E-state index in [2.05, 4.69) is 22.5 Å². The number of rotatable bonds is 2. The normalized spacial score (nSPS) is 20.6. The van der Waals surface area contributed by atoms with E-state index >= 15 is 0 Å². The summed E-state index contributed by atoms with van der Waals surface area (Å²) < 4.78 is 0. The molecule has 96 valence electrons. The van der Waals surface area contributed by atoms with E-state index in [0.29, 0.717) is 5.82 Å². The molecule has 0 bridgehead atoms. The third-order valence-corrected chi connectivity index (χ3v) is 3.57. The summed E-state index contributed by atoms with van der Waals surface area (Å²) in [6.07, 6.45) is 10.00. The van der Waals surface area contributed by atoms with E-state index < -0.39 is 0 Å². The number of carbonyl (C=O) groups excluding carboxylic acids is 1. The molecule has 1 fully saturated rings. The molecule has 3 nitrogen and oxygen atoms in total. The van der Waals surface area contributed by atoms with Gasteiger partial charge in [-0.15, -0.1) is 0 Å². The maximum atomic E-state index is 12.1. The fraction of sp³-hybridized carbons (Fsp3) is 0.250. The second-order valence-corrected chi connectivity index (χ2v) is 5.04. The van der Waals surface area contributed by atoms with Gasteiger partial charge < -0.3 is 5.32 Å². The first-order chi connectivity index (χ1) is 9.22. The van der Waals surface area contributed by atoms with Gasteiger partial charge in [0.15, 0.2) is 0 Å². The van der Waals surface area contributed by atoms with Crippen molar-refractivity contribution >= 4 is 11.7 Å². The summed E-state index contributed by atoms with van der Waals surface area (Å²) in [6.45, 7) is 1.92. The summed E-state index contributed by atoms with van der Waals surface area (Å²) in [6, 6.07) is 5.64. The van der Waals surface area contributed by atoms with Crippen molar-refractivity contribution in [2.24, 2.45) is 5.92 Å². The Kier molecular flexibility index (Phi) is 3.03. The van der Waals surface area contributed by atoms with Crippen molar-refractivity contribution < 1.29 is 4.79 Å². The molecule has 1 aromatic rings. The number of anilines is 1. The molecule has 3 rings (SSSR count). The number of allylic oxidation sites excluding steroid dienone is 6. The molecule has 0 atom stereocenters. The molecular weight excluding hydrogens is 236 g/mol. The molecule has 0 spiro atoms. The maximum Gasteiger partial charge on any atom is 0.229 e. The van der Waals surface area contributed by atoms with Crippen molar-refractivity contribution in [1.82, 2.24) is 4.98 Å². The average molecular weight is 252 g/mol. The van der Waals surface area contributed by atoms with Crippen LogP contribution in [-0.4, -0.2) is 10.9 Å². The molecular formula is C16H16N2O. The number of nitrogens with one attached hydrogen (secondary N) is 1. The molecule has 0 unspecified atom stereocenters. The van der Waals surface area contributed by atoms with Gasteiger partial charge in [0.05, 0.1) is 0 Å². The summed E-state index contributed by atoms with van der Waals surface area (Å²) in [7, 11) is 0. The molecule has 3 heteroatoms. The molecule has 0 saturated heterocycles. The third-order valence-electron chi connectivity index (χ3n) is 3.57. The first-order valence-corrected chi connectivity index (χ1v) is 6.53. The van der Waals surface area contributed by atoms with E-state index in [1.54, 1.807) is 0 Å². The Labute approximate surface area is 112 Å². The standard InChI is InChI=1S/C16H16N2O/c1-11-5-4-8-15(17-11)18-16(19)14-9-13(10-14)12-6-2-3-7-12/h2-8,14H,9-10H2,1H3,(H,17,18,19). The van der Waals surface area contributed by atoms with Crippen LogP contribution >= 0.6 is 0 Å². The molecule has 19 heavy (non-hydrogen) atoms. The second-order valence-electron chi connectivity index (χ2n) is 5.04. The van der Waals surface area contributed by atoms with E-state index in [-0.39, 0.29) is 11.8 Å². The topological polar surface area (TPSA) is 42.0 Å². The molecule has 1 heterocycles. The molecule has 2 aliphatic carbocycles. The Morgan fingerprint density at radius 1 is 1.26 bits per heavy atom. The minimum atomic E-state index is 0.0772. The van der Waals surface area contributed by atoms with Gasteiger partial charge in [-0.1, -0.05) is 35.9 Å². The van der Waals surface area contributed by atoms with Gasteiger partial charge >= 0.3 is 0 Å². The molecule has 0 aromatic carbocycles. The highest BCUT2D eigenvalue weighted by Crippen LogP contribution is 2.37. The Morgan fingerprint density at radius 3 is 2.68 bits per heavy atom. The highest BCUT2D eigenvalue weighted by molar-refractivity contribution is 5.93. The number of pyridine rings is 1. The lowest BCUT2D eigenvalue weighted by Crippen LogP contribution is -2.30. The van der Waals surface area contributed by atoms with Crippen LogP contribution in [0.1, 0.15) is 18.5 Å². The van der Waals surface area contributed by atoms with Gasteiger partial charge in [0.2, 0.25) is 5.91 Å². The second kappa shape index (κ2) is 4.84. The molecule has 0 aliphatic heterocycles. The lowest BCUT2D eigenvalue weighted by atomic mass is 9.77. The van der Waals surface area contributed by atoms with E-state index in [4.69, 9.17) is 0 Å². The summed E-state index contributed by atoms with van der Waals surface area (Å²) in [5, 5.41) is 2.89. The highest BCUT2D eigenvalue weighted by Gasteiger charge is 2.31. The summed E-state index contributed by atoms with van der Waals surface area (Å²) in [5.41, 5.74) is 3.57. The number of nitrogens with zero attached hydrogens (tertiary/aromatic N) is 1. The zero-order valence-electron chi connectivity index (χ0n) is 10.9. The molecule has 1 aromatic heterocycles. The smallest absolute Gasteiger partial charge is 0.229 e. The number of hydrogen-bond acceptors (Lipinski definition) is 2. The van der Waals surface area contributed by atoms with Crippen molar-refractivity contribution in [3.8, 4) is 0 Å². The van der Waals surface area contributed by atoms with Gasteiger partial charge in [0, 0.05) is 11.6 Å². The van der Waals surface area contributed by atoms with Crippen LogP contribution < -0.4 is 5.32 Å². The first kappa shape index (κ1) is 11.9. The Balaban J connectivity index is 1.60. The fourth-order valence-electron chi connectivity index (χ4n) is 2.41. The van der Waals surface area contributed by atoms with Crippen LogP contribution in [0.5, 0.6) is 0 Å². The minimum Gasteiger partial charge on any atom is -0.310 e. The van der Waals surface area contributed by atoms with E-state index in [1.807, 2.05) is 37.3 Å². The van der Waals surface area contributed by atoms with Crippen LogP contribution in [0.4, 0.5) is 5.82 Å². The average Bonchev–Trinajstić information content (AvgIpc) is 2.80. The Morgan fingerprint density at radius 2 is 2.00 bits per heavy atom. The van der Waals surface area contributed by atoms with Crippen LogP contribution in [0.2, 0.25) is 0 Å². The van der Waals surface area contributed by atoms with Crippen LogP contribution in [-0.2, 0) is 4.79 Å². The van der Waals surface area contributed by atoms with Gasteiger partial charge in [0.1, 0.15) is 5.82 Å². The zero-order valence-corrected chi connectivity index (χ0v) is 10.9. The van der Waals surface area contributed by atoms with Crippen LogP contribution in [0.25, 0.3) is 0 Å². The van der Waals surface area contributed by atoms with Crippen molar-refractivity contribution in [3.63, 3.8) is 0 Å². The lowest BCUT2D eigenvalue weighted by Gasteiger charge is -2.29. The van der Waals surface area contributed by atoms with Gasteiger partial charge in [0.25, 0.3) is 0 Å². The SMILES string of the molecule is Cc1cccc(NC(=O)C2CC(=C3C=CC=C3)C2)n1. The summed E-state index contributed by atoms with van der Waals surface area (Å²) >= 11 is 0. The number of amides is 1. The Bertz CT molecular complexity index is 589. The molecule has 1 amide bonds. The largest absolute Gasteiger partial charge is 0.310 e. The molecule has 1 N–H and O–H groups in total. The summed E-state index contributed by atoms with van der Waals surface area (Å²) in [4.78, 5) is 16.3. The van der Waals surface area contributed by atoms with Crippen molar-refractivity contribution in [2.75, 3.05) is 5.32 Å². The van der Waals surface area contributed by atoms with E-state index in [9.17, 15) is 4.79 Å². The molecule has 1 saturated carbocycles. The molecule has 0 radical (unpaired) electrons. The number of aryl methyl sites for hydroxylation is 1. The predicted octanol–water partition coefficient (Wildman–Crippen LogP) is 3.16. The lowest BCUT2D eigenvalue weighted by molar-refractivity contribution is -0.121. The van der Waals surface area contributed by atoms with Crippen molar-refractivity contribution in [2.45, 2.75) is 19.8 Å². The fourth-order valence-corrected chi connectivity index (χ4v) is 2.41. The van der Waals surface area contributed by atoms with Crippen molar-refractivity contribution in [1.29, 1.82) is 0 Å². The van der Waals surface area contributed by atoms with E-state index in [1.165, 1.54) is 11.1 Å². The number of carbonyl (C=O) groups is 1. The van der Waals surface area contributed by atoms with Crippen molar-refractivity contribution in [3.05, 3.63) is 59.3 Å². The summed E-state index contributed by atoms with van der Waals surface area (Å²) in [5.74, 6) is 0.812. The quantitative estimate of drug-likeness (QED) is 0.878. The maximum absolute atomic E-state index is 12.1. The van der Waals surface area contributed by atoms with E-state index in [0.717, 1.165) is 18.5 Å². The zero-order chi connectivity index (χ0) is 13.2. The molecule has 2 aliphatic rings. The van der Waals surface area contributed by atoms with Gasteiger partial charge in [-0.2, -0.15) is 0 Å². The minimum absolute atomic E-state index is 0.0772. The van der Waals surface area contributed by atoms with Crippen LogP contribution in [0.15, 0.2) is 53.6 Å². The van der Waals surface area contributed by atoms with Gasteiger partial charge in [-0.05, 0) is 37.5 Å². The monoisotopic (exact) mass is 252 g/mol. The van der Waals surface area contributed by atoms with Crippen LogP contribution in [0, 0.1) is 12.8 Å². The number of hydrogen-bond donors (Lipinski definition) is 1. The highest BCUT2D eigenvalue weighted by atomic mass is 16.2. The Hall–Kier alpha value is -2.16. The predicted molar refractivity (Wildman–Crippen MR) is 75.6 cm³/mol. The first-order valence-electron chi connectivity index (χ1n) is 6.53. The van der Waals surface area contributed by atoms with Gasteiger partial charge in [-0.25, -0.2) is 4.98 Å².